The topological polar surface area (TPSA) is 35.2 Å². The summed E-state index contributed by atoms with van der Waals surface area (Å²) in [6.07, 6.45) is -0.0539. The van der Waals surface area contributed by atoms with E-state index in [1.54, 1.807) is 6.07 Å². The molecule has 0 aromatic heterocycles. The predicted molar refractivity (Wildman–Crippen MR) is 43.4 cm³/mol. The van der Waals surface area contributed by atoms with Gasteiger partial charge in [0.1, 0.15) is 17.7 Å². The SMILES string of the molecule is CC1Oc2ccc(F)cc2C1N. The monoisotopic (exact) mass is 167 g/mol. The minimum absolute atomic E-state index is 0.0539. The van der Waals surface area contributed by atoms with Crippen LogP contribution in [-0.4, -0.2) is 6.10 Å². The summed E-state index contributed by atoms with van der Waals surface area (Å²) < 4.78 is 18.1. The Hall–Kier alpha value is -1.09. The van der Waals surface area contributed by atoms with Crippen molar-refractivity contribution in [1.82, 2.24) is 0 Å². The van der Waals surface area contributed by atoms with Crippen molar-refractivity contribution in [3.63, 3.8) is 0 Å². The van der Waals surface area contributed by atoms with Gasteiger partial charge in [-0.25, -0.2) is 4.39 Å². The molecule has 1 heterocycles. The fraction of sp³-hybridized carbons (Fsp3) is 0.333. The molecule has 2 N–H and O–H groups in total. The Morgan fingerprint density at radius 3 is 3.00 bits per heavy atom. The van der Waals surface area contributed by atoms with E-state index in [1.165, 1.54) is 12.1 Å². The van der Waals surface area contributed by atoms with Crippen molar-refractivity contribution in [2.24, 2.45) is 5.73 Å². The Kier molecular flexibility index (Phi) is 1.54. The van der Waals surface area contributed by atoms with E-state index in [9.17, 15) is 4.39 Å². The van der Waals surface area contributed by atoms with Gasteiger partial charge in [0.2, 0.25) is 0 Å². The van der Waals surface area contributed by atoms with Crippen LogP contribution in [0.3, 0.4) is 0 Å². The fourth-order valence-electron chi connectivity index (χ4n) is 1.41. The molecule has 0 saturated heterocycles. The number of hydrogen-bond donors (Lipinski definition) is 1. The third-order valence-corrected chi connectivity index (χ3v) is 2.15. The van der Waals surface area contributed by atoms with Gasteiger partial charge in [0, 0.05) is 5.56 Å². The molecule has 1 aliphatic rings. The van der Waals surface area contributed by atoms with Gasteiger partial charge in [-0.05, 0) is 25.1 Å². The summed E-state index contributed by atoms with van der Waals surface area (Å²) in [5.74, 6) is 0.443. The van der Waals surface area contributed by atoms with Crippen LogP contribution in [0, 0.1) is 5.82 Å². The molecule has 0 fully saturated rings. The normalized spacial score (nSPS) is 26.6. The highest BCUT2D eigenvalue weighted by molar-refractivity contribution is 5.40. The first-order valence-electron chi connectivity index (χ1n) is 3.90. The molecule has 1 aliphatic heterocycles. The molecule has 0 spiro atoms. The van der Waals surface area contributed by atoms with E-state index in [1.807, 2.05) is 6.92 Å². The molecule has 64 valence electrons. The van der Waals surface area contributed by atoms with E-state index >= 15 is 0 Å². The summed E-state index contributed by atoms with van der Waals surface area (Å²) in [6, 6.07) is 4.23. The number of hydrogen-bond acceptors (Lipinski definition) is 2. The second-order valence-electron chi connectivity index (χ2n) is 3.03. The third kappa shape index (κ3) is 0.975. The Morgan fingerprint density at radius 2 is 2.25 bits per heavy atom. The second-order valence-corrected chi connectivity index (χ2v) is 3.03. The lowest BCUT2D eigenvalue weighted by Crippen LogP contribution is -2.21. The fourth-order valence-corrected chi connectivity index (χ4v) is 1.41. The van der Waals surface area contributed by atoms with Crippen molar-refractivity contribution in [3.05, 3.63) is 29.6 Å². The first kappa shape index (κ1) is 7.55. The average molecular weight is 167 g/mol. The minimum atomic E-state index is -0.262. The van der Waals surface area contributed by atoms with Crippen LogP contribution in [0.15, 0.2) is 18.2 Å². The summed E-state index contributed by atoms with van der Waals surface area (Å²) in [7, 11) is 0. The van der Waals surface area contributed by atoms with Crippen molar-refractivity contribution in [2.75, 3.05) is 0 Å². The second kappa shape index (κ2) is 2.45. The first-order valence-corrected chi connectivity index (χ1v) is 3.90. The highest BCUT2D eigenvalue weighted by Crippen LogP contribution is 2.34. The molecule has 0 bridgehead atoms. The molecule has 0 radical (unpaired) electrons. The lowest BCUT2D eigenvalue weighted by atomic mass is 10.1. The van der Waals surface area contributed by atoms with Crippen LogP contribution in [0.4, 0.5) is 4.39 Å². The zero-order valence-electron chi connectivity index (χ0n) is 6.75. The van der Waals surface area contributed by atoms with Crippen LogP contribution in [0.2, 0.25) is 0 Å². The smallest absolute Gasteiger partial charge is 0.124 e. The van der Waals surface area contributed by atoms with Crippen molar-refractivity contribution >= 4 is 0 Å². The van der Waals surface area contributed by atoms with Crippen molar-refractivity contribution in [1.29, 1.82) is 0 Å². The van der Waals surface area contributed by atoms with E-state index in [2.05, 4.69) is 0 Å². The van der Waals surface area contributed by atoms with E-state index in [4.69, 9.17) is 10.5 Å². The van der Waals surface area contributed by atoms with Crippen LogP contribution >= 0.6 is 0 Å². The maximum Gasteiger partial charge on any atom is 0.124 e. The van der Waals surface area contributed by atoms with E-state index in [0.29, 0.717) is 5.75 Å². The summed E-state index contributed by atoms with van der Waals surface area (Å²) >= 11 is 0. The number of rotatable bonds is 0. The molecule has 0 aliphatic carbocycles. The quantitative estimate of drug-likeness (QED) is 0.637. The van der Waals surface area contributed by atoms with Crippen LogP contribution < -0.4 is 10.5 Å². The molecule has 1 aromatic rings. The number of nitrogens with two attached hydrogens (primary N) is 1. The highest BCUT2D eigenvalue weighted by atomic mass is 19.1. The van der Waals surface area contributed by atoms with Gasteiger partial charge in [-0.3, -0.25) is 0 Å². The molecule has 2 unspecified atom stereocenters. The summed E-state index contributed by atoms with van der Waals surface area (Å²) in [5.41, 5.74) is 6.53. The lowest BCUT2D eigenvalue weighted by Gasteiger charge is -2.07. The Labute approximate surface area is 70.1 Å². The van der Waals surface area contributed by atoms with Gasteiger partial charge in [-0.2, -0.15) is 0 Å². The highest BCUT2D eigenvalue weighted by Gasteiger charge is 2.27. The van der Waals surface area contributed by atoms with Gasteiger partial charge in [0.05, 0.1) is 6.04 Å². The van der Waals surface area contributed by atoms with Crippen molar-refractivity contribution < 1.29 is 9.13 Å². The number of ether oxygens (including phenoxy) is 1. The van der Waals surface area contributed by atoms with Gasteiger partial charge in [0.25, 0.3) is 0 Å². The van der Waals surface area contributed by atoms with E-state index in [-0.39, 0.29) is 18.0 Å². The van der Waals surface area contributed by atoms with Gasteiger partial charge >= 0.3 is 0 Å². The largest absolute Gasteiger partial charge is 0.488 e. The molecule has 3 heteroatoms. The van der Waals surface area contributed by atoms with Gasteiger partial charge in [-0.15, -0.1) is 0 Å². The zero-order chi connectivity index (χ0) is 8.72. The number of fused-ring (bicyclic) bond motifs is 1. The van der Waals surface area contributed by atoms with Gasteiger partial charge in [-0.1, -0.05) is 0 Å². The standard InChI is InChI=1S/C9H10FNO/c1-5-9(11)7-4-6(10)2-3-8(7)12-5/h2-5,9H,11H2,1H3. The molecular formula is C9H10FNO. The van der Waals surface area contributed by atoms with Gasteiger partial charge in [0.15, 0.2) is 0 Å². The Morgan fingerprint density at radius 1 is 1.50 bits per heavy atom. The maximum absolute atomic E-state index is 12.8. The van der Waals surface area contributed by atoms with Crippen LogP contribution in [0.25, 0.3) is 0 Å². The Bertz CT molecular complexity index is 313. The first-order chi connectivity index (χ1) is 5.68. The third-order valence-electron chi connectivity index (χ3n) is 2.15. The lowest BCUT2D eigenvalue weighted by molar-refractivity contribution is 0.228. The molecule has 12 heavy (non-hydrogen) atoms. The molecule has 2 atom stereocenters. The Balaban J connectivity index is 2.48. The number of halogens is 1. The average Bonchev–Trinajstić information content (AvgIpc) is 2.31. The molecular weight excluding hydrogens is 157 g/mol. The minimum Gasteiger partial charge on any atom is -0.488 e. The number of benzene rings is 1. The zero-order valence-corrected chi connectivity index (χ0v) is 6.75. The van der Waals surface area contributed by atoms with Crippen LogP contribution in [-0.2, 0) is 0 Å². The van der Waals surface area contributed by atoms with Gasteiger partial charge < -0.3 is 10.5 Å². The summed E-state index contributed by atoms with van der Waals surface area (Å²) in [4.78, 5) is 0. The van der Waals surface area contributed by atoms with Crippen molar-refractivity contribution in [3.8, 4) is 5.75 Å². The maximum atomic E-state index is 12.8. The molecule has 0 amide bonds. The summed E-state index contributed by atoms with van der Waals surface area (Å²) in [5, 5.41) is 0. The van der Waals surface area contributed by atoms with Crippen LogP contribution in [0.1, 0.15) is 18.5 Å². The molecule has 2 nitrogen and oxygen atoms in total. The molecule has 2 rings (SSSR count). The predicted octanol–water partition coefficient (Wildman–Crippen LogP) is 1.61. The van der Waals surface area contributed by atoms with E-state index < -0.39 is 0 Å². The molecule has 1 aromatic carbocycles. The molecule has 0 saturated carbocycles. The van der Waals surface area contributed by atoms with Crippen LogP contribution in [0.5, 0.6) is 5.75 Å². The van der Waals surface area contributed by atoms with E-state index in [0.717, 1.165) is 5.56 Å². The van der Waals surface area contributed by atoms with Crippen molar-refractivity contribution in [2.45, 2.75) is 19.1 Å². The summed E-state index contributed by atoms with van der Waals surface area (Å²) in [6.45, 7) is 1.88.